The van der Waals surface area contributed by atoms with E-state index in [0.717, 1.165) is 23.5 Å². The number of hydrogen-bond acceptors (Lipinski definition) is 4. The van der Waals surface area contributed by atoms with Crippen LogP contribution in [0, 0.1) is 5.92 Å². The van der Waals surface area contributed by atoms with Crippen molar-refractivity contribution in [3.8, 4) is 11.4 Å². The second-order valence-corrected chi connectivity index (χ2v) is 7.42. The van der Waals surface area contributed by atoms with Crippen molar-refractivity contribution >= 4 is 17.3 Å². The fraction of sp³-hybridized carbons (Fsp3) is 0.273. The minimum atomic E-state index is -4.45. The third kappa shape index (κ3) is 3.77. The largest absolute Gasteiger partial charge is 0.497 e. The number of hydrogen-bond donors (Lipinski definition) is 1. The van der Waals surface area contributed by atoms with E-state index in [2.05, 4.69) is 10.4 Å². The molecule has 3 aromatic rings. The van der Waals surface area contributed by atoms with Crippen LogP contribution >= 0.6 is 0 Å². The van der Waals surface area contributed by atoms with Gasteiger partial charge in [0.15, 0.2) is 11.6 Å². The van der Waals surface area contributed by atoms with Gasteiger partial charge in [0.2, 0.25) is 0 Å². The molecule has 1 aliphatic carbocycles. The van der Waals surface area contributed by atoms with E-state index in [1.165, 1.54) is 12.1 Å². The normalized spacial score (nSPS) is 16.3. The molecule has 0 amide bonds. The smallest absolute Gasteiger partial charge is 0.416 e. The molecule has 0 saturated heterocycles. The van der Waals surface area contributed by atoms with Gasteiger partial charge < -0.3 is 10.1 Å². The van der Waals surface area contributed by atoms with Crippen LogP contribution in [0.2, 0.25) is 0 Å². The second kappa shape index (κ2) is 7.51. The lowest BCUT2D eigenvalue weighted by Gasteiger charge is -2.19. The van der Waals surface area contributed by atoms with Crippen LogP contribution in [0.3, 0.4) is 0 Å². The highest BCUT2D eigenvalue weighted by Crippen LogP contribution is 2.35. The highest BCUT2D eigenvalue weighted by Gasteiger charge is 2.32. The summed E-state index contributed by atoms with van der Waals surface area (Å²) in [6, 6.07) is 12.1. The van der Waals surface area contributed by atoms with Gasteiger partial charge in [-0.15, -0.1) is 5.10 Å². The lowest BCUT2D eigenvalue weighted by molar-refractivity contribution is -0.137. The molecule has 5 nitrogen and oxygen atoms in total. The number of carbonyl (C=O) groups is 1. The molecule has 30 heavy (non-hydrogen) atoms. The summed E-state index contributed by atoms with van der Waals surface area (Å²) in [5, 5.41) is 7.48. The number of nitrogens with one attached hydrogen (secondary N) is 1. The summed E-state index contributed by atoms with van der Waals surface area (Å²) in [7, 11) is 1.57. The first kappa shape index (κ1) is 20.0. The third-order valence-electron chi connectivity index (χ3n) is 5.11. The standard InChI is InChI=1S/C22H20F3N3O2/c1-13-10-18-20(19(29)11-13)21(26-15-5-3-4-14(12-15)22(23,24)25)27-28(18)16-6-8-17(30-2)9-7-16/h3-9,12-13H,10-11H2,1-2H3,(H,26,27)/t13-/m1/s1. The first-order valence-electron chi connectivity index (χ1n) is 9.50. The topological polar surface area (TPSA) is 56.1 Å². The van der Waals surface area contributed by atoms with Crippen LogP contribution in [0.25, 0.3) is 5.69 Å². The molecular weight excluding hydrogens is 395 g/mol. The van der Waals surface area contributed by atoms with Crippen molar-refractivity contribution in [1.82, 2.24) is 9.78 Å². The Morgan fingerprint density at radius 3 is 2.53 bits per heavy atom. The SMILES string of the molecule is COc1ccc(-n2nc(Nc3cccc(C(F)(F)F)c3)c3c2C[C@@H](C)CC3=O)cc1. The van der Waals surface area contributed by atoms with Crippen molar-refractivity contribution in [3.63, 3.8) is 0 Å². The predicted molar refractivity (Wildman–Crippen MR) is 107 cm³/mol. The van der Waals surface area contributed by atoms with Gasteiger partial charge in [-0.2, -0.15) is 13.2 Å². The Balaban J connectivity index is 1.78. The van der Waals surface area contributed by atoms with E-state index < -0.39 is 11.7 Å². The van der Waals surface area contributed by atoms with Crippen molar-refractivity contribution < 1.29 is 22.7 Å². The number of Topliss-reactive ketones (excluding diaryl/α,β-unsaturated/α-hetero) is 1. The minimum Gasteiger partial charge on any atom is -0.497 e. The highest BCUT2D eigenvalue weighted by atomic mass is 19.4. The van der Waals surface area contributed by atoms with Crippen LogP contribution in [0.15, 0.2) is 48.5 Å². The van der Waals surface area contributed by atoms with Crippen LogP contribution in [0.5, 0.6) is 5.75 Å². The molecule has 156 valence electrons. The Morgan fingerprint density at radius 2 is 1.87 bits per heavy atom. The van der Waals surface area contributed by atoms with Crippen LogP contribution in [0.4, 0.5) is 24.7 Å². The van der Waals surface area contributed by atoms with Crippen LogP contribution in [0.1, 0.15) is 35.0 Å². The summed E-state index contributed by atoms with van der Waals surface area (Å²) in [4.78, 5) is 12.8. The summed E-state index contributed by atoms with van der Waals surface area (Å²) in [5.41, 5.74) is 1.38. The van der Waals surface area contributed by atoms with E-state index in [0.29, 0.717) is 24.2 Å². The number of alkyl halides is 3. The van der Waals surface area contributed by atoms with Gasteiger partial charge in [0.1, 0.15) is 5.75 Å². The Morgan fingerprint density at radius 1 is 1.13 bits per heavy atom. The number of benzene rings is 2. The van der Waals surface area contributed by atoms with Gasteiger partial charge in [-0.05, 0) is 54.8 Å². The third-order valence-corrected chi connectivity index (χ3v) is 5.11. The van der Waals surface area contributed by atoms with Gasteiger partial charge >= 0.3 is 6.18 Å². The molecule has 0 unspecified atom stereocenters. The fourth-order valence-electron chi connectivity index (χ4n) is 3.69. The van der Waals surface area contributed by atoms with Crippen molar-refractivity contribution in [2.24, 2.45) is 5.92 Å². The second-order valence-electron chi connectivity index (χ2n) is 7.42. The minimum absolute atomic E-state index is 0.0713. The molecule has 1 aliphatic rings. The molecule has 0 radical (unpaired) electrons. The Hall–Kier alpha value is -3.29. The van der Waals surface area contributed by atoms with E-state index in [9.17, 15) is 18.0 Å². The van der Waals surface area contributed by atoms with Gasteiger partial charge in [-0.1, -0.05) is 13.0 Å². The molecule has 8 heteroatoms. The maximum Gasteiger partial charge on any atom is 0.416 e. The molecule has 1 aromatic heterocycles. The van der Waals surface area contributed by atoms with Gasteiger partial charge in [0.25, 0.3) is 0 Å². The summed E-state index contributed by atoms with van der Waals surface area (Å²) < 4.78 is 46.0. The number of halogens is 3. The Kier molecular flexibility index (Phi) is 5.01. The van der Waals surface area contributed by atoms with E-state index in [1.54, 1.807) is 23.9 Å². The number of nitrogens with zero attached hydrogens (tertiary/aromatic N) is 2. The first-order chi connectivity index (χ1) is 14.3. The van der Waals surface area contributed by atoms with Crippen LogP contribution in [-0.2, 0) is 12.6 Å². The molecule has 1 N–H and O–H groups in total. The quantitative estimate of drug-likeness (QED) is 0.619. The average Bonchev–Trinajstić information content (AvgIpc) is 3.06. The number of aromatic nitrogens is 2. The highest BCUT2D eigenvalue weighted by molar-refractivity contribution is 6.03. The number of ketones is 1. The van der Waals surface area contributed by atoms with E-state index >= 15 is 0 Å². The molecule has 0 spiro atoms. The van der Waals surface area contributed by atoms with Crippen LogP contribution in [-0.4, -0.2) is 22.7 Å². The lowest BCUT2D eigenvalue weighted by Crippen LogP contribution is -2.19. The number of ether oxygens (including phenoxy) is 1. The zero-order valence-electron chi connectivity index (χ0n) is 16.5. The molecule has 1 heterocycles. The van der Waals surface area contributed by atoms with E-state index in [4.69, 9.17) is 4.74 Å². The van der Waals surface area contributed by atoms with Crippen molar-refractivity contribution in [2.45, 2.75) is 25.9 Å². The maximum absolute atomic E-state index is 13.1. The summed E-state index contributed by atoms with van der Waals surface area (Å²) in [6.07, 6.45) is -3.44. The number of methoxy groups -OCH3 is 1. The molecule has 0 fully saturated rings. The first-order valence-corrected chi connectivity index (χ1v) is 9.50. The van der Waals surface area contributed by atoms with Gasteiger partial charge in [0, 0.05) is 12.1 Å². The Labute approximate surface area is 171 Å². The van der Waals surface area contributed by atoms with Gasteiger partial charge in [-0.3, -0.25) is 4.79 Å². The number of fused-ring (bicyclic) bond motifs is 1. The molecule has 2 aromatic carbocycles. The van der Waals surface area contributed by atoms with Crippen LogP contribution < -0.4 is 10.1 Å². The van der Waals surface area contributed by atoms with Gasteiger partial charge in [-0.25, -0.2) is 4.68 Å². The zero-order valence-corrected chi connectivity index (χ0v) is 16.5. The predicted octanol–water partition coefficient (Wildman–Crippen LogP) is 5.41. The fourth-order valence-corrected chi connectivity index (χ4v) is 3.69. The van der Waals surface area contributed by atoms with Gasteiger partial charge in [0.05, 0.1) is 29.6 Å². The molecule has 4 rings (SSSR count). The van der Waals surface area contributed by atoms with E-state index in [1.807, 2.05) is 19.1 Å². The lowest BCUT2D eigenvalue weighted by atomic mass is 9.87. The summed E-state index contributed by atoms with van der Waals surface area (Å²) >= 11 is 0. The van der Waals surface area contributed by atoms with Crippen molar-refractivity contribution in [1.29, 1.82) is 0 Å². The molecule has 0 saturated carbocycles. The Bertz CT molecular complexity index is 1090. The zero-order chi connectivity index (χ0) is 21.5. The average molecular weight is 415 g/mol. The number of carbonyl (C=O) groups excluding carboxylic acids is 1. The molecule has 0 aliphatic heterocycles. The summed E-state index contributed by atoms with van der Waals surface area (Å²) in [5.74, 6) is 1.03. The van der Waals surface area contributed by atoms with Crippen molar-refractivity contribution in [2.75, 3.05) is 12.4 Å². The molecule has 1 atom stereocenters. The maximum atomic E-state index is 13.1. The van der Waals surface area contributed by atoms with E-state index in [-0.39, 0.29) is 23.2 Å². The summed E-state index contributed by atoms with van der Waals surface area (Å²) in [6.45, 7) is 1.99. The molecule has 0 bridgehead atoms. The number of anilines is 2. The molecular formula is C22H20F3N3O2. The van der Waals surface area contributed by atoms with Crippen molar-refractivity contribution in [3.05, 3.63) is 65.4 Å². The monoisotopic (exact) mass is 415 g/mol. The number of rotatable bonds is 4.